The normalized spacial score (nSPS) is 17.0. The Morgan fingerprint density at radius 1 is 0.659 bits per heavy atom. The first-order valence-corrected chi connectivity index (χ1v) is 16.0. The summed E-state index contributed by atoms with van der Waals surface area (Å²) in [6, 6.07) is 35.3. The number of nitrogens with zero attached hydrogens (tertiary/aromatic N) is 3. The van der Waals surface area contributed by atoms with E-state index >= 15 is 0 Å². The third-order valence-electron chi connectivity index (χ3n) is 10.7. The van der Waals surface area contributed by atoms with E-state index in [1.54, 1.807) is 0 Å². The van der Waals surface area contributed by atoms with Crippen LogP contribution in [0.2, 0.25) is 12.6 Å². The van der Waals surface area contributed by atoms with Crippen molar-refractivity contribution < 1.29 is 0 Å². The van der Waals surface area contributed by atoms with E-state index in [1.165, 1.54) is 46.0 Å². The SMILES string of the molecule is CC1(C)CB(c2ccc(-n3c4c(c5ccc(-c6nc7ccccc7n6-c6ccccc6)cc53)C=CCC=C4)cc2)CC1(C)C. The van der Waals surface area contributed by atoms with Gasteiger partial charge in [0.15, 0.2) is 6.71 Å². The highest BCUT2D eigenvalue weighted by molar-refractivity contribution is 6.74. The molecule has 0 atom stereocenters. The maximum Gasteiger partial charge on any atom is 0.176 e. The second-order valence-electron chi connectivity index (χ2n) is 14.0. The van der Waals surface area contributed by atoms with Gasteiger partial charge in [-0.3, -0.25) is 4.57 Å². The van der Waals surface area contributed by atoms with Crippen LogP contribution in [0.3, 0.4) is 0 Å². The summed E-state index contributed by atoms with van der Waals surface area (Å²) in [7, 11) is 0. The molecule has 216 valence electrons. The summed E-state index contributed by atoms with van der Waals surface area (Å²) >= 11 is 0. The van der Waals surface area contributed by atoms with Gasteiger partial charge in [0.1, 0.15) is 5.82 Å². The smallest absolute Gasteiger partial charge is 0.176 e. The first-order chi connectivity index (χ1) is 21.3. The topological polar surface area (TPSA) is 22.8 Å². The summed E-state index contributed by atoms with van der Waals surface area (Å²) in [6.45, 7) is 10.4. The van der Waals surface area contributed by atoms with E-state index in [9.17, 15) is 0 Å². The van der Waals surface area contributed by atoms with E-state index in [-0.39, 0.29) is 0 Å². The van der Waals surface area contributed by atoms with Crippen LogP contribution >= 0.6 is 0 Å². The molecule has 1 saturated heterocycles. The fourth-order valence-corrected chi connectivity index (χ4v) is 7.58. The van der Waals surface area contributed by atoms with Crippen LogP contribution in [0.1, 0.15) is 45.4 Å². The lowest BCUT2D eigenvalue weighted by molar-refractivity contribution is 0.177. The fraction of sp³-hybridized carbons (Fsp3) is 0.225. The molecule has 0 amide bonds. The zero-order valence-corrected chi connectivity index (χ0v) is 26.1. The van der Waals surface area contributed by atoms with Crippen molar-refractivity contribution in [2.24, 2.45) is 10.8 Å². The van der Waals surface area contributed by atoms with Gasteiger partial charge in [0.2, 0.25) is 0 Å². The Hall–Kier alpha value is -4.57. The summed E-state index contributed by atoms with van der Waals surface area (Å²) in [5.41, 5.74) is 11.4. The van der Waals surface area contributed by atoms with E-state index in [1.807, 2.05) is 0 Å². The van der Waals surface area contributed by atoms with Crippen LogP contribution in [0.5, 0.6) is 0 Å². The highest BCUT2D eigenvalue weighted by Gasteiger charge is 2.48. The second-order valence-corrected chi connectivity index (χ2v) is 14.0. The van der Waals surface area contributed by atoms with E-state index in [2.05, 4.69) is 158 Å². The zero-order chi connectivity index (χ0) is 30.1. The van der Waals surface area contributed by atoms with Crippen molar-refractivity contribution in [3.63, 3.8) is 0 Å². The summed E-state index contributed by atoms with van der Waals surface area (Å²) in [4.78, 5) is 5.17. The predicted octanol–water partition coefficient (Wildman–Crippen LogP) is 9.83. The molecular weight excluding hydrogens is 533 g/mol. The lowest BCUT2D eigenvalue weighted by Gasteiger charge is -2.35. The van der Waals surface area contributed by atoms with E-state index in [0.717, 1.165) is 34.5 Å². The van der Waals surface area contributed by atoms with Gasteiger partial charge < -0.3 is 4.57 Å². The van der Waals surface area contributed by atoms with Gasteiger partial charge in [-0.2, -0.15) is 0 Å². The first-order valence-electron chi connectivity index (χ1n) is 16.0. The number of para-hydroxylation sites is 3. The molecule has 8 rings (SSSR count). The molecule has 0 bridgehead atoms. The molecule has 44 heavy (non-hydrogen) atoms. The molecule has 0 N–H and O–H groups in total. The van der Waals surface area contributed by atoms with Crippen LogP contribution in [0.4, 0.5) is 0 Å². The maximum absolute atomic E-state index is 5.17. The maximum atomic E-state index is 5.17. The molecule has 0 spiro atoms. The van der Waals surface area contributed by atoms with Crippen molar-refractivity contribution in [3.05, 3.63) is 120 Å². The van der Waals surface area contributed by atoms with Crippen molar-refractivity contribution >= 4 is 46.3 Å². The molecule has 0 radical (unpaired) electrons. The summed E-state index contributed by atoms with van der Waals surface area (Å²) < 4.78 is 4.73. The van der Waals surface area contributed by atoms with Crippen molar-refractivity contribution in [1.29, 1.82) is 0 Å². The molecule has 0 unspecified atom stereocenters. The van der Waals surface area contributed by atoms with Crippen LogP contribution < -0.4 is 5.46 Å². The number of allylic oxidation sites excluding steroid dienone is 2. The molecule has 1 aliphatic carbocycles. The number of imidazole rings is 1. The second kappa shape index (κ2) is 9.99. The molecule has 0 saturated carbocycles. The molecule has 3 heterocycles. The van der Waals surface area contributed by atoms with Gasteiger partial charge >= 0.3 is 0 Å². The number of hydrogen-bond acceptors (Lipinski definition) is 1. The monoisotopic (exact) mass is 571 g/mol. The average molecular weight is 572 g/mol. The third kappa shape index (κ3) is 4.23. The lowest BCUT2D eigenvalue weighted by atomic mass is 9.42. The third-order valence-corrected chi connectivity index (χ3v) is 10.7. The van der Waals surface area contributed by atoms with Gasteiger partial charge in [-0.1, -0.05) is 119 Å². The van der Waals surface area contributed by atoms with Crippen LogP contribution in [0.25, 0.3) is 56.9 Å². The highest BCUT2D eigenvalue weighted by atomic mass is 15.1. The minimum atomic E-state index is 0.341. The van der Waals surface area contributed by atoms with E-state index in [0.29, 0.717) is 17.5 Å². The number of benzene rings is 4. The Morgan fingerprint density at radius 2 is 1.34 bits per heavy atom. The van der Waals surface area contributed by atoms with Gasteiger partial charge in [-0.15, -0.1) is 0 Å². The standard InChI is InChI=1S/C40H38BN3/c1-39(2)26-41(27-40(39,3)4)29-20-22-31(23-21-29)43-35-17-10-6-9-15-32(35)33-24-19-28(25-37(33)43)38-42-34-16-11-12-18-36(34)44(38)30-13-7-5-8-14-30/h5,7-25H,6,26-27H2,1-4H3. The largest absolute Gasteiger partial charge is 0.309 e. The van der Waals surface area contributed by atoms with Crippen LogP contribution in [0, 0.1) is 10.8 Å². The Bertz CT molecular complexity index is 2070. The van der Waals surface area contributed by atoms with Crippen molar-refractivity contribution in [2.75, 3.05) is 0 Å². The summed E-state index contributed by atoms with van der Waals surface area (Å²) in [5.74, 6) is 0.954. The van der Waals surface area contributed by atoms with Gasteiger partial charge in [0, 0.05) is 27.9 Å². The van der Waals surface area contributed by atoms with Crippen molar-refractivity contribution in [3.8, 4) is 22.8 Å². The van der Waals surface area contributed by atoms with Crippen LogP contribution in [-0.2, 0) is 0 Å². The number of fused-ring (bicyclic) bond motifs is 4. The summed E-state index contributed by atoms with van der Waals surface area (Å²) in [5, 5.41) is 1.26. The number of rotatable bonds is 4. The van der Waals surface area contributed by atoms with Crippen LogP contribution in [-0.4, -0.2) is 20.8 Å². The predicted molar refractivity (Wildman–Crippen MR) is 189 cm³/mol. The minimum Gasteiger partial charge on any atom is -0.309 e. The molecule has 2 aromatic heterocycles. The number of aromatic nitrogens is 3. The Balaban J connectivity index is 1.30. The molecule has 3 nitrogen and oxygen atoms in total. The molecule has 4 aromatic carbocycles. The van der Waals surface area contributed by atoms with Gasteiger partial charge in [-0.25, -0.2) is 4.98 Å². The van der Waals surface area contributed by atoms with E-state index in [4.69, 9.17) is 4.98 Å². The number of hydrogen-bond donors (Lipinski definition) is 0. The quantitative estimate of drug-likeness (QED) is 0.193. The van der Waals surface area contributed by atoms with Crippen molar-refractivity contribution in [2.45, 2.75) is 46.8 Å². The average Bonchev–Trinajstić information content (AvgIpc) is 3.55. The van der Waals surface area contributed by atoms with Gasteiger partial charge in [0.25, 0.3) is 0 Å². The molecular formula is C40H38BN3. The van der Waals surface area contributed by atoms with E-state index < -0.39 is 0 Å². The minimum absolute atomic E-state index is 0.341. The lowest BCUT2D eigenvalue weighted by Crippen LogP contribution is -2.27. The van der Waals surface area contributed by atoms with Crippen LogP contribution in [0.15, 0.2) is 109 Å². The summed E-state index contributed by atoms with van der Waals surface area (Å²) in [6.07, 6.45) is 12.5. The van der Waals surface area contributed by atoms with Gasteiger partial charge in [0.05, 0.1) is 22.2 Å². The molecule has 6 aromatic rings. The Morgan fingerprint density at radius 3 is 2.11 bits per heavy atom. The van der Waals surface area contributed by atoms with Gasteiger partial charge in [-0.05, 0) is 65.8 Å². The Labute approximate surface area is 260 Å². The fourth-order valence-electron chi connectivity index (χ4n) is 7.58. The first kappa shape index (κ1) is 27.0. The molecule has 1 aliphatic heterocycles. The zero-order valence-electron chi connectivity index (χ0n) is 26.1. The van der Waals surface area contributed by atoms with Crippen molar-refractivity contribution in [1.82, 2.24) is 14.1 Å². The molecule has 1 fully saturated rings. The molecule has 4 heteroatoms. The Kier molecular flexibility index (Phi) is 6.13. The molecule has 2 aliphatic rings. The highest BCUT2D eigenvalue weighted by Crippen LogP contribution is 2.52.